The molecule has 0 bridgehead atoms. The normalized spacial score (nSPS) is 22.0. The van der Waals surface area contributed by atoms with E-state index >= 15 is 0 Å². The molecule has 1 aliphatic rings. The van der Waals surface area contributed by atoms with Gasteiger partial charge in [0.15, 0.2) is 0 Å². The maximum absolute atomic E-state index is 12.8. The zero-order chi connectivity index (χ0) is 18.0. The molecule has 6 nitrogen and oxygen atoms in total. The zero-order valence-corrected chi connectivity index (χ0v) is 16.0. The minimum absolute atomic E-state index is 0.168. The summed E-state index contributed by atoms with van der Waals surface area (Å²) in [5.74, 6) is 1.28. The molecule has 1 fully saturated rings. The lowest BCUT2D eigenvalue weighted by Gasteiger charge is -2.36. The molecule has 134 valence electrons. The molecule has 1 aliphatic heterocycles. The smallest absolute Gasteiger partial charge is 0.235 e. The maximum Gasteiger partial charge on any atom is 0.235 e. The number of likely N-dealkylation sites (tertiary alicyclic amines) is 1. The molecule has 1 aromatic carbocycles. The number of piperidine rings is 1. The summed E-state index contributed by atoms with van der Waals surface area (Å²) in [5, 5.41) is 12.4. The Morgan fingerprint density at radius 1 is 1.20 bits per heavy atom. The number of hydrogen-bond acceptors (Lipinski definition) is 5. The van der Waals surface area contributed by atoms with E-state index in [4.69, 9.17) is 0 Å². The first kappa shape index (κ1) is 17.9. The Kier molecular flexibility index (Phi) is 5.42. The Balaban J connectivity index is 1.71. The van der Waals surface area contributed by atoms with Crippen molar-refractivity contribution in [3.8, 4) is 5.69 Å². The number of benzene rings is 1. The number of carbonyl (C=O) groups is 1. The van der Waals surface area contributed by atoms with Crippen molar-refractivity contribution >= 4 is 17.7 Å². The van der Waals surface area contributed by atoms with Gasteiger partial charge in [0.05, 0.1) is 10.9 Å². The minimum Gasteiger partial charge on any atom is -0.341 e. The lowest BCUT2D eigenvalue weighted by Crippen LogP contribution is -2.45. The van der Waals surface area contributed by atoms with Crippen molar-refractivity contribution < 1.29 is 4.79 Å². The van der Waals surface area contributed by atoms with Crippen LogP contribution in [0, 0.1) is 18.8 Å². The van der Waals surface area contributed by atoms with Gasteiger partial charge in [-0.15, -0.1) is 5.10 Å². The van der Waals surface area contributed by atoms with E-state index < -0.39 is 0 Å². The van der Waals surface area contributed by atoms with E-state index in [-0.39, 0.29) is 11.2 Å². The highest BCUT2D eigenvalue weighted by Crippen LogP contribution is 2.27. The van der Waals surface area contributed by atoms with Gasteiger partial charge in [0, 0.05) is 13.1 Å². The molecule has 0 saturated carbocycles. The Morgan fingerprint density at radius 2 is 1.84 bits per heavy atom. The van der Waals surface area contributed by atoms with Crippen molar-refractivity contribution in [1.82, 2.24) is 25.1 Å². The molecule has 2 heterocycles. The van der Waals surface area contributed by atoms with E-state index in [2.05, 4.69) is 29.4 Å². The Labute approximate surface area is 153 Å². The number of aryl methyl sites for hydroxylation is 1. The highest BCUT2D eigenvalue weighted by Gasteiger charge is 2.29. The van der Waals surface area contributed by atoms with Gasteiger partial charge in [-0.3, -0.25) is 4.79 Å². The Hall–Kier alpha value is -1.89. The van der Waals surface area contributed by atoms with Crippen LogP contribution in [0.5, 0.6) is 0 Å². The average Bonchev–Trinajstić information content (AvgIpc) is 3.02. The van der Waals surface area contributed by atoms with Crippen LogP contribution in [0.15, 0.2) is 29.4 Å². The first-order valence-corrected chi connectivity index (χ1v) is 9.63. The van der Waals surface area contributed by atoms with Crippen molar-refractivity contribution in [3.05, 3.63) is 29.8 Å². The van der Waals surface area contributed by atoms with Gasteiger partial charge in [0.1, 0.15) is 0 Å². The second-order valence-electron chi connectivity index (χ2n) is 7.16. The monoisotopic (exact) mass is 359 g/mol. The van der Waals surface area contributed by atoms with Crippen LogP contribution in [0.1, 0.15) is 32.8 Å². The number of tetrazole rings is 1. The molecular formula is C18H25N5OS. The molecule has 0 N–H and O–H groups in total. The fraction of sp³-hybridized carbons (Fsp3) is 0.556. The largest absolute Gasteiger partial charge is 0.341 e. The molecule has 3 rings (SSSR count). The molecule has 0 aliphatic carbocycles. The standard InChI is InChI=1S/C18H25N5OS/c1-12-5-7-16(8-6-12)23-18(19-20-21-23)25-15(4)17(24)22-10-13(2)9-14(3)11-22/h5-8,13-15H,9-11H2,1-4H3. The molecule has 3 unspecified atom stereocenters. The Morgan fingerprint density at radius 3 is 2.48 bits per heavy atom. The summed E-state index contributed by atoms with van der Waals surface area (Å²) < 4.78 is 1.69. The summed E-state index contributed by atoms with van der Waals surface area (Å²) in [7, 11) is 0. The van der Waals surface area contributed by atoms with Gasteiger partial charge in [0.2, 0.25) is 11.1 Å². The number of aromatic nitrogens is 4. The second kappa shape index (κ2) is 7.56. The fourth-order valence-electron chi connectivity index (χ4n) is 3.41. The van der Waals surface area contributed by atoms with Crippen molar-refractivity contribution in [2.24, 2.45) is 11.8 Å². The van der Waals surface area contributed by atoms with E-state index in [1.54, 1.807) is 4.68 Å². The van der Waals surface area contributed by atoms with Crippen LogP contribution in [-0.4, -0.2) is 49.4 Å². The predicted molar refractivity (Wildman–Crippen MR) is 98.7 cm³/mol. The van der Waals surface area contributed by atoms with Crippen LogP contribution in [0.2, 0.25) is 0 Å². The molecule has 1 saturated heterocycles. The average molecular weight is 359 g/mol. The highest BCUT2D eigenvalue weighted by atomic mass is 32.2. The topological polar surface area (TPSA) is 63.9 Å². The first-order chi connectivity index (χ1) is 11.9. The molecule has 1 aromatic heterocycles. The van der Waals surface area contributed by atoms with E-state index in [1.165, 1.54) is 23.7 Å². The van der Waals surface area contributed by atoms with Crippen molar-refractivity contribution in [1.29, 1.82) is 0 Å². The lowest BCUT2D eigenvalue weighted by atomic mass is 9.92. The van der Waals surface area contributed by atoms with E-state index in [1.807, 2.05) is 43.0 Å². The number of amides is 1. The fourth-order valence-corrected chi connectivity index (χ4v) is 4.30. The molecule has 0 spiro atoms. The van der Waals surface area contributed by atoms with E-state index in [0.29, 0.717) is 17.0 Å². The third kappa shape index (κ3) is 4.21. The third-order valence-corrected chi connectivity index (χ3v) is 5.55. The summed E-state index contributed by atoms with van der Waals surface area (Å²) in [6.07, 6.45) is 1.19. The van der Waals surface area contributed by atoms with Crippen molar-refractivity contribution in [3.63, 3.8) is 0 Å². The third-order valence-electron chi connectivity index (χ3n) is 4.53. The van der Waals surface area contributed by atoms with Crippen LogP contribution >= 0.6 is 11.8 Å². The summed E-state index contributed by atoms with van der Waals surface area (Å²) in [5.41, 5.74) is 2.08. The lowest BCUT2D eigenvalue weighted by molar-refractivity contribution is -0.132. The number of carbonyl (C=O) groups excluding carboxylic acids is 1. The number of hydrogen-bond donors (Lipinski definition) is 0. The summed E-state index contributed by atoms with van der Waals surface area (Å²) in [4.78, 5) is 14.8. The van der Waals surface area contributed by atoms with E-state index in [9.17, 15) is 4.79 Å². The summed E-state index contributed by atoms with van der Waals surface area (Å²) in [6, 6.07) is 8.01. The van der Waals surface area contributed by atoms with Crippen molar-refractivity contribution in [2.75, 3.05) is 13.1 Å². The molecule has 7 heteroatoms. The van der Waals surface area contributed by atoms with Crippen LogP contribution < -0.4 is 0 Å². The van der Waals surface area contributed by atoms with Gasteiger partial charge in [-0.2, -0.15) is 4.68 Å². The molecular weight excluding hydrogens is 334 g/mol. The number of rotatable bonds is 4. The Bertz CT molecular complexity index is 719. The molecule has 2 aromatic rings. The van der Waals surface area contributed by atoms with E-state index in [0.717, 1.165) is 18.8 Å². The van der Waals surface area contributed by atoms with Gasteiger partial charge in [-0.25, -0.2) is 0 Å². The number of nitrogens with zero attached hydrogens (tertiary/aromatic N) is 5. The van der Waals surface area contributed by atoms with Gasteiger partial charge in [-0.05, 0) is 54.7 Å². The van der Waals surface area contributed by atoms with Crippen LogP contribution in [0.4, 0.5) is 0 Å². The highest BCUT2D eigenvalue weighted by molar-refractivity contribution is 8.00. The zero-order valence-electron chi connectivity index (χ0n) is 15.2. The first-order valence-electron chi connectivity index (χ1n) is 8.75. The SMILES string of the molecule is Cc1ccc(-n2nnnc2SC(C)C(=O)N2CC(C)CC(C)C2)cc1. The predicted octanol–water partition coefficient (Wildman–Crippen LogP) is 2.96. The van der Waals surface area contributed by atoms with Gasteiger partial charge < -0.3 is 4.90 Å². The van der Waals surface area contributed by atoms with Crippen LogP contribution in [0.3, 0.4) is 0 Å². The second-order valence-corrected chi connectivity index (χ2v) is 8.47. The van der Waals surface area contributed by atoms with Gasteiger partial charge >= 0.3 is 0 Å². The van der Waals surface area contributed by atoms with Crippen molar-refractivity contribution in [2.45, 2.75) is 44.5 Å². The quantitative estimate of drug-likeness (QED) is 0.785. The van der Waals surface area contributed by atoms with Crippen LogP contribution in [-0.2, 0) is 4.79 Å². The molecule has 3 atom stereocenters. The maximum atomic E-state index is 12.8. The summed E-state index contributed by atoms with van der Waals surface area (Å²) >= 11 is 1.42. The van der Waals surface area contributed by atoms with Gasteiger partial charge in [-0.1, -0.05) is 43.3 Å². The number of thioether (sulfide) groups is 1. The summed E-state index contributed by atoms with van der Waals surface area (Å²) in [6.45, 7) is 10.1. The molecule has 0 radical (unpaired) electrons. The molecule has 25 heavy (non-hydrogen) atoms. The molecule has 1 amide bonds. The van der Waals surface area contributed by atoms with Gasteiger partial charge in [0.25, 0.3) is 0 Å². The van der Waals surface area contributed by atoms with Crippen LogP contribution in [0.25, 0.3) is 5.69 Å². The minimum atomic E-state index is -0.215.